The van der Waals surface area contributed by atoms with Crippen LogP contribution in [0.2, 0.25) is 0 Å². The van der Waals surface area contributed by atoms with Gasteiger partial charge in [0.2, 0.25) is 5.91 Å². The number of carbonyl (C=O) groups excluding carboxylic acids is 1. The molecular formula is C13H21NOS. The molecule has 1 heterocycles. The first-order valence-electron chi connectivity index (χ1n) is 5.68. The van der Waals surface area contributed by atoms with E-state index >= 15 is 0 Å². The molecule has 0 aromatic carbocycles. The predicted octanol–water partition coefficient (Wildman–Crippen LogP) is 3.23. The molecule has 1 rings (SSSR count). The molecule has 2 nitrogen and oxygen atoms in total. The molecule has 16 heavy (non-hydrogen) atoms. The van der Waals surface area contributed by atoms with Gasteiger partial charge in [-0.3, -0.25) is 4.79 Å². The first-order valence-corrected chi connectivity index (χ1v) is 6.56. The van der Waals surface area contributed by atoms with Crippen LogP contribution in [0.3, 0.4) is 0 Å². The first kappa shape index (κ1) is 13.2. The summed E-state index contributed by atoms with van der Waals surface area (Å²) in [5.74, 6) is 0.150. The summed E-state index contributed by atoms with van der Waals surface area (Å²) >= 11 is 1.74. The second kappa shape index (κ2) is 5.48. The lowest BCUT2D eigenvalue weighted by molar-refractivity contribution is -0.123. The van der Waals surface area contributed by atoms with Crippen LogP contribution in [0.15, 0.2) is 17.5 Å². The molecule has 1 aromatic rings. The Kier molecular flexibility index (Phi) is 4.54. The molecule has 0 saturated heterocycles. The molecule has 0 unspecified atom stereocenters. The standard InChI is InChI=1S/C13H21NOS/c1-10(8-11-6-5-7-16-11)14-12(15)9-13(2,3)4/h5-7,10H,8-9H2,1-4H3,(H,14,15)/t10-/m1/s1. The number of nitrogens with one attached hydrogen (secondary N) is 1. The molecule has 0 fully saturated rings. The zero-order valence-corrected chi connectivity index (χ0v) is 11.4. The van der Waals surface area contributed by atoms with Gasteiger partial charge >= 0.3 is 0 Å². The third-order valence-electron chi connectivity index (χ3n) is 2.19. The van der Waals surface area contributed by atoms with Gasteiger partial charge in [0.15, 0.2) is 0 Å². The largest absolute Gasteiger partial charge is 0.353 e. The van der Waals surface area contributed by atoms with Crippen molar-refractivity contribution < 1.29 is 4.79 Å². The van der Waals surface area contributed by atoms with E-state index in [9.17, 15) is 4.79 Å². The molecule has 90 valence electrons. The van der Waals surface area contributed by atoms with Gasteiger partial charge in [-0.2, -0.15) is 0 Å². The highest BCUT2D eigenvalue weighted by Crippen LogP contribution is 2.18. The summed E-state index contributed by atoms with van der Waals surface area (Å²) in [5, 5.41) is 5.11. The van der Waals surface area contributed by atoms with Gasteiger partial charge in [-0.25, -0.2) is 0 Å². The van der Waals surface area contributed by atoms with Gasteiger partial charge in [0.05, 0.1) is 0 Å². The third kappa shape index (κ3) is 5.31. The van der Waals surface area contributed by atoms with E-state index in [0.29, 0.717) is 6.42 Å². The lowest BCUT2D eigenvalue weighted by Crippen LogP contribution is -2.35. The van der Waals surface area contributed by atoms with Crippen LogP contribution in [0.4, 0.5) is 0 Å². The Balaban J connectivity index is 2.34. The fourth-order valence-electron chi connectivity index (χ4n) is 1.59. The Morgan fingerprint density at radius 2 is 2.19 bits per heavy atom. The SMILES string of the molecule is C[C@H](Cc1cccs1)NC(=O)CC(C)(C)C. The van der Waals surface area contributed by atoms with Gasteiger partial charge < -0.3 is 5.32 Å². The molecule has 1 atom stereocenters. The van der Waals surface area contributed by atoms with E-state index in [1.165, 1.54) is 4.88 Å². The fourth-order valence-corrected chi connectivity index (χ4v) is 2.42. The van der Waals surface area contributed by atoms with E-state index in [0.717, 1.165) is 6.42 Å². The molecule has 0 aliphatic carbocycles. The predicted molar refractivity (Wildman–Crippen MR) is 69.7 cm³/mol. The van der Waals surface area contributed by atoms with Crippen molar-refractivity contribution in [2.75, 3.05) is 0 Å². The topological polar surface area (TPSA) is 29.1 Å². The van der Waals surface area contributed by atoms with Crippen molar-refractivity contribution in [2.24, 2.45) is 5.41 Å². The smallest absolute Gasteiger partial charge is 0.220 e. The van der Waals surface area contributed by atoms with Crippen LogP contribution >= 0.6 is 11.3 Å². The minimum atomic E-state index is 0.0622. The monoisotopic (exact) mass is 239 g/mol. The Labute approximate surface area is 102 Å². The quantitative estimate of drug-likeness (QED) is 0.858. The second-order valence-electron chi connectivity index (χ2n) is 5.49. The minimum Gasteiger partial charge on any atom is -0.353 e. The average Bonchev–Trinajstić information content (AvgIpc) is 2.51. The summed E-state index contributed by atoms with van der Waals surface area (Å²) in [6.45, 7) is 8.30. The maximum absolute atomic E-state index is 11.7. The van der Waals surface area contributed by atoms with Crippen molar-refractivity contribution in [1.82, 2.24) is 5.32 Å². The van der Waals surface area contributed by atoms with Gasteiger partial charge in [0.1, 0.15) is 0 Å². The van der Waals surface area contributed by atoms with Crippen LogP contribution in [0.1, 0.15) is 39.0 Å². The van der Waals surface area contributed by atoms with Crippen LogP contribution in [0, 0.1) is 5.41 Å². The Morgan fingerprint density at radius 3 is 2.69 bits per heavy atom. The molecule has 0 saturated carbocycles. The molecule has 1 N–H and O–H groups in total. The maximum Gasteiger partial charge on any atom is 0.220 e. The van der Waals surface area contributed by atoms with Gasteiger partial charge in [0, 0.05) is 23.8 Å². The molecule has 3 heteroatoms. The number of amides is 1. The highest BCUT2D eigenvalue weighted by atomic mass is 32.1. The molecule has 0 aliphatic rings. The zero-order valence-electron chi connectivity index (χ0n) is 10.5. The summed E-state index contributed by atoms with van der Waals surface area (Å²) < 4.78 is 0. The molecule has 1 amide bonds. The fraction of sp³-hybridized carbons (Fsp3) is 0.615. The number of thiophene rings is 1. The van der Waals surface area contributed by atoms with E-state index in [-0.39, 0.29) is 17.4 Å². The lowest BCUT2D eigenvalue weighted by Gasteiger charge is -2.19. The van der Waals surface area contributed by atoms with Crippen molar-refractivity contribution >= 4 is 17.2 Å². The van der Waals surface area contributed by atoms with E-state index in [1.807, 2.05) is 6.07 Å². The highest BCUT2D eigenvalue weighted by molar-refractivity contribution is 7.09. The van der Waals surface area contributed by atoms with E-state index in [2.05, 4.69) is 44.5 Å². The minimum absolute atomic E-state index is 0.0622. The highest BCUT2D eigenvalue weighted by Gasteiger charge is 2.17. The number of hydrogen-bond acceptors (Lipinski definition) is 2. The van der Waals surface area contributed by atoms with Crippen LogP contribution in [-0.2, 0) is 11.2 Å². The summed E-state index contributed by atoms with van der Waals surface area (Å²) in [5.41, 5.74) is 0.0622. The molecule has 0 aliphatic heterocycles. The van der Waals surface area contributed by atoms with Crippen LogP contribution < -0.4 is 5.32 Å². The van der Waals surface area contributed by atoms with Gasteiger partial charge in [-0.15, -0.1) is 11.3 Å². The average molecular weight is 239 g/mol. The van der Waals surface area contributed by atoms with E-state index < -0.39 is 0 Å². The van der Waals surface area contributed by atoms with Crippen LogP contribution in [0.25, 0.3) is 0 Å². The molecule has 0 bridgehead atoms. The van der Waals surface area contributed by atoms with E-state index in [1.54, 1.807) is 11.3 Å². The van der Waals surface area contributed by atoms with Crippen molar-refractivity contribution in [1.29, 1.82) is 0 Å². The molecular weight excluding hydrogens is 218 g/mol. The number of carbonyl (C=O) groups is 1. The van der Waals surface area contributed by atoms with Crippen LogP contribution in [0.5, 0.6) is 0 Å². The Hall–Kier alpha value is -0.830. The van der Waals surface area contributed by atoms with Gasteiger partial charge in [-0.1, -0.05) is 26.8 Å². The van der Waals surface area contributed by atoms with Crippen molar-refractivity contribution in [2.45, 2.75) is 46.6 Å². The van der Waals surface area contributed by atoms with E-state index in [4.69, 9.17) is 0 Å². The summed E-state index contributed by atoms with van der Waals surface area (Å²) in [4.78, 5) is 13.0. The van der Waals surface area contributed by atoms with Gasteiger partial charge in [0.25, 0.3) is 0 Å². The Bertz CT molecular complexity index is 324. The summed E-state index contributed by atoms with van der Waals surface area (Å²) in [7, 11) is 0. The number of hydrogen-bond donors (Lipinski definition) is 1. The van der Waals surface area contributed by atoms with Crippen LogP contribution in [-0.4, -0.2) is 11.9 Å². The van der Waals surface area contributed by atoms with Crippen molar-refractivity contribution in [3.8, 4) is 0 Å². The van der Waals surface area contributed by atoms with Gasteiger partial charge in [-0.05, 0) is 23.8 Å². The zero-order chi connectivity index (χ0) is 12.2. The summed E-state index contributed by atoms with van der Waals surface area (Å²) in [6, 6.07) is 4.37. The molecule has 0 spiro atoms. The lowest BCUT2D eigenvalue weighted by atomic mass is 9.92. The maximum atomic E-state index is 11.7. The Morgan fingerprint density at radius 1 is 1.50 bits per heavy atom. The van der Waals surface area contributed by atoms with Crippen molar-refractivity contribution in [3.63, 3.8) is 0 Å². The second-order valence-corrected chi connectivity index (χ2v) is 6.52. The van der Waals surface area contributed by atoms with Crippen molar-refractivity contribution in [3.05, 3.63) is 22.4 Å². The molecule has 1 aromatic heterocycles. The first-order chi connectivity index (χ1) is 7.37. The summed E-state index contributed by atoms with van der Waals surface area (Å²) in [6.07, 6.45) is 1.51. The number of rotatable bonds is 4. The normalized spacial score (nSPS) is 13.5. The molecule has 0 radical (unpaired) electrons. The third-order valence-corrected chi connectivity index (χ3v) is 3.08.